The van der Waals surface area contributed by atoms with Crippen LogP contribution in [0.1, 0.15) is 31.7 Å². The number of nitrogens with zero attached hydrogens (tertiary/aromatic N) is 3. The van der Waals surface area contributed by atoms with E-state index in [1.54, 1.807) is 4.90 Å². The van der Waals surface area contributed by atoms with Gasteiger partial charge in [-0.25, -0.2) is 0 Å². The highest BCUT2D eigenvalue weighted by Crippen LogP contribution is 2.18. The van der Waals surface area contributed by atoms with E-state index in [0.717, 1.165) is 41.9 Å². The molecule has 0 aliphatic carbocycles. The standard InChI is InChI=1S/C18H27BrN4O/c1-14-8-11-23(12-9-14)18(20)21-10-7-17(24)22(2)13-15-5-3-4-6-16(15)19/h3-6,14H,7-13H2,1-2H3,(H2,20,21). The minimum atomic E-state index is 0.0783. The molecule has 0 radical (unpaired) electrons. The van der Waals surface area contributed by atoms with Gasteiger partial charge < -0.3 is 15.5 Å². The predicted octanol–water partition coefficient (Wildman–Crippen LogP) is 2.84. The van der Waals surface area contributed by atoms with Crippen molar-refractivity contribution in [2.24, 2.45) is 16.6 Å². The number of amides is 1. The summed E-state index contributed by atoms with van der Waals surface area (Å²) in [4.78, 5) is 20.5. The van der Waals surface area contributed by atoms with Crippen molar-refractivity contribution in [3.05, 3.63) is 34.3 Å². The lowest BCUT2D eigenvalue weighted by atomic mass is 10.00. The molecule has 0 bridgehead atoms. The van der Waals surface area contributed by atoms with Gasteiger partial charge in [0.1, 0.15) is 0 Å². The number of nitrogens with two attached hydrogens (primary N) is 1. The smallest absolute Gasteiger partial charge is 0.224 e. The molecule has 2 rings (SSSR count). The second kappa shape index (κ2) is 9.06. The largest absolute Gasteiger partial charge is 0.370 e. The van der Waals surface area contributed by atoms with E-state index in [0.29, 0.717) is 25.5 Å². The zero-order valence-corrected chi connectivity index (χ0v) is 16.1. The number of piperidine rings is 1. The van der Waals surface area contributed by atoms with E-state index < -0.39 is 0 Å². The Morgan fingerprint density at radius 1 is 1.38 bits per heavy atom. The maximum Gasteiger partial charge on any atom is 0.224 e. The minimum absolute atomic E-state index is 0.0783. The van der Waals surface area contributed by atoms with E-state index in [4.69, 9.17) is 5.73 Å². The first-order valence-corrected chi connectivity index (χ1v) is 9.29. The average molecular weight is 395 g/mol. The van der Waals surface area contributed by atoms with Crippen molar-refractivity contribution in [1.82, 2.24) is 9.80 Å². The van der Waals surface area contributed by atoms with Crippen LogP contribution in [0.3, 0.4) is 0 Å². The van der Waals surface area contributed by atoms with Gasteiger partial charge in [0.2, 0.25) is 5.91 Å². The van der Waals surface area contributed by atoms with Crippen LogP contribution in [0, 0.1) is 5.92 Å². The lowest BCUT2D eigenvalue weighted by Crippen LogP contribution is -2.42. The van der Waals surface area contributed by atoms with Gasteiger partial charge in [0.25, 0.3) is 0 Å². The Kier molecular flexibility index (Phi) is 7.09. The summed E-state index contributed by atoms with van der Waals surface area (Å²) < 4.78 is 1.02. The molecule has 24 heavy (non-hydrogen) atoms. The third-order valence-electron chi connectivity index (χ3n) is 4.50. The number of halogens is 1. The van der Waals surface area contributed by atoms with Gasteiger partial charge >= 0.3 is 0 Å². The predicted molar refractivity (Wildman–Crippen MR) is 102 cm³/mol. The second-order valence-corrected chi connectivity index (χ2v) is 7.36. The molecule has 0 aromatic heterocycles. The van der Waals surface area contributed by atoms with Gasteiger partial charge in [-0.15, -0.1) is 0 Å². The quantitative estimate of drug-likeness (QED) is 0.616. The maximum absolute atomic E-state index is 12.2. The fourth-order valence-corrected chi connectivity index (χ4v) is 3.18. The fourth-order valence-electron chi connectivity index (χ4n) is 2.76. The third kappa shape index (κ3) is 5.51. The molecule has 1 amide bonds. The number of benzene rings is 1. The average Bonchev–Trinajstić information content (AvgIpc) is 2.57. The maximum atomic E-state index is 12.2. The third-order valence-corrected chi connectivity index (χ3v) is 5.27. The number of aliphatic imine (C=N–C) groups is 1. The first-order valence-electron chi connectivity index (χ1n) is 8.49. The summed E-state index contributed by atoms with van der Waals surface area (Å²) in [6.45, 7) is 5.23. The molecule has 5 nitrogen and oxygen atoms in total. The van der Waals surface area contributed by atoms with Crippen LogP contribution in [0.5, 0.6) is 0 Å². The summed E-state index contributed by atoms with van der Waals surface area (Å²) >= 11 is 3.51. The van der Waals surface area contributed by atoms with Crippen molar-refractivity contribution in [2.45, 2.75) is 32.7 Å². The van der Waals surface area contributed by atoms with Crippen molar-refractivity contribution in [3.63, 3.8) is 0 Å². The SMILES string of the molecule is CC1CCN(C(N)=NCCC(=O)N(C)Cc2ccccc2Br)CC1. The Labute approximate surface area is 153 Å². The summed E-state index contributed by atoms with van der Waals surface area (Å²) in [6, 6.07) is 7.94. The molecule has 2 N–H and O–H groups in total. The topological polar surface area (TPSA) is 61.9 Å². The highest BCUT2D eigenvalue weighted by molar-refractivity contribution is 9.10. The van der Waals surface area contributed by atoms with E-state index in [2.05, 4.69) is 32.7 Å². The zero-order valence-electron chi connectivity index (χ0n) is 14.5. The molecule has 132 valence electrons. The summed E-state index contributed by atoms with van der Waals surface area (Å²) in [6.07, 6.45) is 2.69. The molecular formula is C18H27BrN4O. The van der Waals surface area contributed by atoms with Crippen molar-refractivity contribution >= 4 is 27.8 Å². The number of likely N-dealkylation sites (tertiary alicyclic amines) is 1. The summed E-state index contributed by atoms with van der Waals surface area (Å²) in [5.41, 5.74) is 7.14. The van der Waals surface area contributed by atoms with Gasteiger partial charge in [-0.1, -0.05) is 41.1 Å². The van der Waals surface area contributed by atoms with Crippen molar-refractivity contribution < 1.29 is 4.79 Å². The van der Waals surface area contributed by atoms with Gasteiger partial charge in [0.15, 0.2) is 5.96 Å². The van der Waals surface area contributed by atoms with E-state index in [1.807, 2.05) is 31.3 Å². The molecule has 1 saturated heterocycles. The first-order chi connectivity index (χ1) is 11.5. The molecule has 1 fully saturated rings. The Morgan fingerprint density at radius 3 is 2.71 bits per heavy atom. The van der Waals surface area contributed by atoms with Gasteiger partial charge in [0, 0.05) is 37.6 Å². The molecular weight excluding hydrogens is 368 g/mol. The second-order valence-electron chi connectivity index (χ2n) is 6.50. The summed E-state index contributed by atoms with van der Waals surface area (Å²) in [5.74, 6) is 1.42. The Morgan fingerprint density at radius 2 is 2.04 bits per heavy atom. The first kappa shape index (κ1) is 18.8. The van der Waals surface area contributed by atoms with E-state index in [-0.39, 0.29) is 5.91 Å². The van der Waals surface area contributed by atoms with E-state index in [9.17, 15) is 4.79 Å². The van der Waals surface area contributed by atoms with Crippen LogP contribution in [-0.4, -0.2) is 48.3 Å². The van der Waals surface area contributed by atoms with E-state index in [1.165, 1.54) is 0 Å². The van der Waals surface area contributed by atoms with Crippen LogP contribution in [-0.2, 0) is 11.3 Å². The lowest BCUT2D eigenvalue weighted by Gasteiger charge is -2.31. The summed E-state index contributed by atoms with van der Waals surface area (Å²) in [5, 5.41) is 0. The monoisotopic (exact) mass is 394 g/mol. The molecule has 1 aliphatic rings. The van der Waals surface area contributed by atoms with E-state index >= 15 is 0 Å². The van der Waals surface area contributed by atoms with Crippen LogP contribution in [0.25, 0.3) is 0 Å². The van der Waals surface area contributed by atoms with Crippen LogP contribution in [0.2, 0.25) is 0 Å². The highest BCUT2D eigenvalue weighted by atomic mass is 79.9. The molecule has 0 spiro atoms. The van der Waals surface area contributed by atoms with Crippen molar-refractivity contribution in [3.8, 4) is 0 Å². The van der Waals surface area contributed by atoms with Gasteiger partial charge in [-0.05, 0) is 30.4 Å². The van der Waals surface area contributed by atoms with Crippen LogP contribution < -0.4 is 5.73 Å². The minimum Gasteiger partial charge on any atom is -0.370 e. The molecule has 1 aromatic rings. The molecule has 1 aliphatic heterocycles. The van der Waals surface area contributed by atoms with Crippen LogP contribution >= 0.6 is 15.9 Å². The fraction of sp³-hybridized carbons (Fsp3) is 0.556. The number of carbonyl (C=O) groups is 1. The number of hydrogen-bond donors (Lipinski definition) is 1. The van der Waals surface area contributed by atoms with Crippen molar-refractivity contribution in [1.29, 1.82) is 0 Å². The highest BCUT2D eigenvalue weighted by Gasteiger charge is 2.17. The Bertz CT molecular complexity index is 582. The lowest BCUT2D eigenvalue weighted by molar-refractivity contribution is -0.130. The number of carbonyl (C=O) groups excluding carboxylic acids is 1. The van der Waals surface area contributed by atoms with Crippen LogP contribution in [0.15, 0.2) is 33.7 Å². The van der Waals surface area contributed by atoms with Gasteiger partial charge in [-0.2, -0.15) is 0 Å². The zero-order chi connectivity index (χ0) is 17.5. The number of guanidine groups is 1. The van der Waals surface area contributed by atoms with Gasteiger partial charge in [0.05, 0.1) is 6.54 Å². The Hall–Kier alpha value is -1.56. The van der Waals surface area contributed by atoms with Crippen LogP contribution in [0.4, 0.5) is 0 Å². The molecule has 0 unspecified atom stereocenters. The molecule has 0 saturated carbocycles. The molecule has 1 heterocycles. The number of hydrogen-bond acceptors (Lipinski definition) is 2. The molecule has 1 aromatic carbocycles. The van der Waals surface area contributed by atoms with Gasteiger partial charge in [-0.3, -0.25) is 9.79 Å². The summed E-state index contributed by atoms with van der Waals surface area (Å²) in [7, 11) is 1.82. The Balaban J connectivity index is 1.77. The number of rotatable bonds is 5. The van der Waals surface area contributed by atoms with Crippen molar-refractivity contribution in [2.75, 3.05) is 26.7 Å². The molecule has 6 heteroatoms. The normalized spacial score (nSPS) is 16.3. The molecule has 0 atom stereocenters.